The van der Waals surface area contributed by atoms with Gasteiger partial charge in [0.2, 0.25) is 0 Å². The molecule has 7 heterocycles. The smallest absolute Gasteiger partial charge is 0.386 e. The Morgan fingerprint density at radius 1 is 1.07 bits per heavy atom. The lowest BCUT2D eigenvalue weighted by atomic mass is 10.1. The van der Waals surface area contributed by atoms with Crippen LogP contribution in [-0.4, -0.2) is 94.4 Å². The molecular weight excluding hydrogens is 684 g/mol. The van der Waals surface area contributed by atoms with Gasteiger partial charge in [-0.25, -0.2) is 29.5 Å². The lowest BCUT2D eigenvalue weighted by molar-refractivity contribution is -0.0529. The molecular formula is C21H24ClN9O9P2S2. The zero-order valence-corrected chi connectivity index (χ0v) is 26.4. The number of alkyl halides is 1. The predicted molar refractivity (Wildman–Crippen MR) is 160 cm³/mol. The van der Waals surface area contributed by atoms with Gasteiger partial charge in [0.05, 0.1) is 31.5 Å². The standard InChI is InChI=1S/C21H24ClN9O9P2S2/c22-21(31-2-1-9-16(23)25-6-27-18(9)31)5-35-11-4-37-41(33,43)39-14-13(32)10(3-36-42(34,44)40-15(11)21)38-20(14)30-8-29-12-17(24)26-7-28-19(12)30/h1-2,6-8,10-11,13-15,20,32H,3-5H2,(H,33,43)(H,34,44)(H2,23,25,27)(H2,24,26,28)/t10-,11-,13-,14-,15-,20-,21-,41?,42?/m1/s1. The lowest BCUT2D eigenvalue weighted by Gasteiger charge is -2.33. The molecule has 0 saturated carbocycles. The van der Waals surface area contributed by atoms with Crippen molar-refractivity contribution >= 4 is 83.0 Å². The summed E-state index contributed by atoms with van der Waals surface area (Å²) < 4.78 is 51.5. The molecule has 0 aliphatic carbocycles. The van der Waals surface area contributed by atoms with Crippen molar-refractivity contribution in [3.05, 3.63) is 31.2 Å². The average Bonchev–Trinajstić information content (AvgIpc) is 3.73. The average molecular weight is 708 g/mol. The van der Waals surface area contributed by atoms with E-state index in [-0.39, 0.29) is 29.4 Å². The van der Waals surface area contributed by atoms with Crippen LogP contribution in [0.2, 0.25) is 0 Å². The molecule has 2 bridgehead atoms. The fraction of sp³-hybridized carbons (Fsp3) is 0.476. The molecule has 7 rings (SSSR count). The maximum atomic E-state index is 13.6. The molecule has 2 unspecified atom stereocenters. The maximum Gasteiger partial charge on any atom is 0.386 e. The number of hydrogen-bond donors (Lipinski definition) is 5. The van der Waals surface area contributed by atoms with E-state index in [1.807, 2.05) is 0 Å². The van der Waals surface area contributed by atoms with Crippen LogP contribution in [-0.2, 0) is 48.9 Å². The summed E-state index contributed by atoms with van der Waals surface area (Å²) in [4.78, 5) is 30.1. The first-order valence-corrected chi connectivity index (χ1v) is 18.5. The SMILES string of the molecule is Nc1ncnc2c1ccn2[C@]1(Cl)CO[C@@H]2COP(O)(=S)O[C@@H]3[C@H](O)[C@@H](COP(=O)(S)O[C@H]21)O[C@H]3n1cnc2c(N)ncnc21. The highest BCUT2D eigenvalue weighted by Crippen LogP contribution is 2.59. The number of aromatic nitrogens is 7. The molecule has 3 aliphatic heterocycles. The number of aliphatic hydroxyl groups excluding tert-OH is 1. The second kappa shape index (κ2) is 11.0. The highest BCUT2D eigenvalue weighted by molar-refractivity contribution is 8.44. The molecule has 236 valence electrons. The monoisotopic (exact) mass is 707 g/mol. The molecule has 18 nitrogen and oxygen atoms in total. The molecule has 23 heteroatoms. The maximum absolute atomic E-state index is 13.6. The third kappa shape index (κ3) is 5.21. The van der Waals surface area contributed by atoms with Crippen LogP contribution < -0.4 is 11.5 Å². The molecule has 44 heavy (non-hydrogen) atoms. The van der Waals surface area contributed by atoms with Gasteiger partial charge in [-0.05, 0) is 17.9 Å². The van der Waals surface area contributed by atoms with Gasteiger partial charge in [0.15, 0.2) is 22.7 Å². The summed E-state index contributed by atoms with van der Waals surface area (Å²) in [7, 11) is 0. The minimum absolute atomic E-state index is 0.112. The van der Waals surface area contributed by atoms with E-state index in [4.69, 9.17) is 62.4 Å². The number of thiol groups is 1. The van der Waals surface area contributed by atoms with Crippen molar-refractivity contribution in [1.82, 2.24) is 34.1 Å². The van der Waals surface area contributed by atoms with E-state index in [0.29, 0.717) is 11.0 Å². The van der Waals surface area contributed by atoms with Gasteiger partial charge in [0, 0.05) is 6.20 Å². The number of halogens is 1. The van der Waals surface area contributed by atoms with Gasteiger partial charge in [-0.2, -0.15) is 0 Å². The van der Waals surface area contributed by atoms with Crippen LogP contribution in [0.5, 0.6) is 0 Å². The van der Waals surface area contributed by atoms with Crippen LogP contribution in [0, 0.1) is 0 Å². The Hall–Kier alpha value is -2.03. The summed E-state index contributed by atoms with van der Waals surface area (Å²) in [5.74, 6) is 0.331. The second-order valence-corrected chi connectivity index (χ2v) is 16.4. The highest BCUT2D eigenvalue weighted by Gasteiger charge is 2.56. The third-order valence-corrected chi connectivity index (χ3v) is 11.1. The molecule has 9 atom stereocenters. The summed E-state index contributed by atoms with van der Waals surface area (Å²) >= 11 is 16.6. The topological polar surface area (TPSA) is 239 Å². The molecule has 6 N–H and O–H groups in total. The molecule has 0 spiro atoms. The van der Waals surface area contributed by atoms with E-state index < -0.39 is 68.5 Å². The summed E-state index contributed by atoms with van der Waals surface area (Å²) in [6, 6.07) is 1.66. The number of nitrogens with zero attached hydrogens (tertiary/aromatic N) is 7. The summed E-state index contributed by atoms with van der Waals surface area (Å²) in [6.45, 7) is -9.47. The van der Waals surface area contributed by atoms with Gasteiger partial charge in [-0.3, -0.25) is 18.1 Å². The number of aliphatic hydroxyl groups is 1. The lowest BCUT2D eigenvalue weighted by Crippen LogP contribution is -2.44. The minimum Gasteiger partial charge on any atom is -0.387 e. The Kier molecular flexibility index (Phi) is 7.69. The van der Waals surface area contributed by atoms with Crippen molar-refractivity contribution in [3.8, 4) is 0 Å². The Morgan fingerprint density at radius 3 is 2.59 bits per heavy atom. The van der Waals surface area contributed by atoms with E-state index in [1.54, 1.807) is 12.3 Å². The minimum atomic E-state index is -4.25. The Balaban J connectivity index is 1.22. The van der Waals surface area contributed by atoms with Crippen molar-refractivity contribution in [3.63, 3.8) is 0 Å². The van der Waals surface area contributed by atoms with Crippen molar-refractivity contribution in [2.45, 2.75) is 41.7 Å². The van der Waals surface area contributed by atoms with Crippen LogP contribution in [0.25, 0.3) is 22.2 Å². The van der Waals surface area contributed by atoms with E-state index >= 15 is 0 Å². The van der Waals surface area contributed by atoms with Gasteiger partial charge in [-0.15, -0.1) is 0 Å². The fourth-order valence-corrected chi connectivity index (χ4v) is 8.74. The number of nitrogens with two attached hydrogens (primary N) is 2. The zero-order chi connectivity index (χ0) is 31.0. The van der Waals surface area contributed by atoms with E-state index in [9.17, 15) is 14.6 Å². The number of fused-ring (bicyclic) bond motifs is 5. The molecule has 4 aromatic rings. The van der Waals surface area contributed by atoms with Gasteiger partial charge in [-0.1, -0.05) is 23.8 Å². The highest BCUT2D eigenvalue weighted by atomic mass is 35.5. The quantitative estimate of drug-likeness (QED) is 0.111. The molecule has 3 fully saturated rings. The van der Waals surface area contributed by atoms with E-state index in [0.717, 1.165) is 0 Å². The third-order valence-electron chi connectivity index (χ3n) is 7.47. The fourth-order valence-electron chi connectivity index (χ4n) is 5.38. The molecule has 0 radical (unpaired) electrons. The largest absolute Gasteiger partial charge is 0.387 e. The molecule has 3 saturated heterocycles. The molecule has 4 aromatic heterocycles. The molecule has 0 amide bonds. The summed E-state index contributed by atoms with van der Waals surface area (Å²) in [6.07, 6.45) is -1.98. The predicted octanol–water partition coefficient (Wildman–Crippen LogP) is 1.06. The van der Waals surface area contributed by atoms with Crippen LogP contribution in [0.4, 0.5) is 11.6 Å². The normalized spacial score (nSPS) is 38.3. The Labute approximate surface area is 262 Å². The number of ether oxygens (including phenoxy) is 2. The number of anilines is 2. The van der Waals surface area contributed by atoms with Crippen LogP contribution >= 0.6 is 37.4 Å². The molecule has 0 aromatic carbocycles. The van der Waals surface area contributed by atoms with E-state index in [1.165, 1.54) is 28.1 Å². The number of imidazole rings is 1. The summed E-state index contributed by atoms with van der Waals surface area (Å²) in [5, 5.41) is 11.7. The van der Waals surface area contributed by atoms with Gasteiger partial charge in [0.25, 0.3) is 0 Å². The van der Waals surface area contributed by atoms with Crippen molar-refractivity contribution in [2.75, 3.05) is 31.3 Å². The van der Waals surface area contributed by atoms with E-state index in [2.05, 4.69) is 37.2 Å². The van der Waals surface area contributed by atoms with Crippen molar-refractivity contribution in [1.29, 1.82) is 0 Å². The zero-order valence-electron chi connectivity index (χ0n) is 22.1. The van der Waals surface area contributed by atoms with Crippen LogP contribution in [0.1, 0.15) is 6.23 Å². The van der Waals surface area contributed by atoms with Crippen LogP contribution in [0.15, 0.2) is 31.2 Å². The van der Waals surface area contributed by atoms with Gasteiger partial charge in [0.1, 0.15) is 60.2 Å². The number of hydrogen-bond acceptors (Lipinski definition) is 16. The first-order valence-electron chi connectivity index (χ1n) is 12.8. The van der Waals surface area contributed by atoms with Gasteiger partial charge < -0.3 is 40.0 Å². The second-order valence-electron chi connectivity index (χ2n) is 10.1. The van der Waals surface area contributed by atoms with Crippen LogP contribution in [0.3, 0.4) is 0 Å². The van der Waals surface area contributed by atoms with Gasteiger partial charge >= 0.3 is 13.5 Å². The Morgan fingerprint density at radius 2 is 1.80 bits per heavy atom. The first-order chi connectivity index (χ1) is 20.9. The summed E-state index contributed by atoms with van der Waals surface area (Å²) in [5.41, 5.74) is 12.8. The van der Waals surface area contributed by atoms with Crippen molar-refractivity contribution < 1.29 is 42.1 Å². The number of rotatable bonds is 2. The first kappa shape index (κ1) is 30.6. The Bertz CT molecular complexity index is 1850. The number of nitrogen functional groups attached to an aromatic ring is 2. The van der Waals surface area contributed by atoms with Crippen molar-refractivity contribution in [2.24, 2.45) is 0 Å². The molecule has 3 aliphatic rings.